The minimum absolute atomic E-state index is 0.0969. The second-order valence-corrected chi connectivity index (χ2v) is 5.77. The van der Waals surface area contributed by atoms with E-state index >= 15 is 0 Å². The van der Waals surface area contributed by atoms with Gasteiger partial charge in [0.1, 0.15) is 5.69 Å². The third kappa shape index (κ3) is 3.33. The number of rotatable bonds is 5. The molecular formula is C16H20N4O3. The maximum atomic E-state index is 11.5. The third-order valence-electron chi connectivity index (χ3n) is 4.06. The van der Waals surface area contributed by atoms with Crippen LogP contribution < -0.4 is 4.90 Å². The Kier molecular flexibility index (Phi) is 4.55. The molecule has 7 nitrogen and oxygen atoms in total. The van der Waals surface area contributed by atoms with Crippen LogP contribution in [0.2, 0.25) is 0 Å². The zero-order valence-electron chi connectivity index (χ0n) is 13.2. The second-order valence-electron chi connectivity index (χ2n) is 5.77. The molecule has 1 fully saturated rings. The molecule has 1 aromatic carbocycles. The fourth-order valence-corrected chi connectivity index (χ4v) is 2.90. The highest BCUT2D eigenvalue weighted by Crippen LogP contribution is 2.34. The minimum atomic E-state index is -0.337. The number of nitro groups is 1. The SMILES string of the molecule is CCCc1noc(-c2ccc(N3CCCCC3)c([N+](=O)[O-])c2)n1. The molecule has 0 radical (unpaired) electrons. The Morgan fingerprint density at radius 2 is 2.09 bits per heavy atom. The monoisotopic (exact) mass is 316 g/mol. The van der Waals surface area contributed by atoms with Crippen molar-refractivity contribution in [2.24, 2.45) is 0 Å². The van der Waals surface area contributed by atoms with Gasteiger partial charge in [-0.2, -0.15) is 4.98 Å². The van der Waals surface area contributed by atoms with Crippen LogP contribution in [0.5, 0.6) is 0 Å². The van der Waals surface area contributed by atoms with Crippen LogP contribution in [0.4, 0.5) is 11.4 Å². The van der Waals surface area contributed by atoms with Crippen LogP contribution in [-0.2, 0) is 6.42 Å². The lowest BCUT2D eigenvalue weighted by atomic mass is 10.1. The van der Waals surface area contributed by atoms with Crippen LogP contribution in [0.3, 0.4) is 0 Å². The summed E-state index contributed by atoms with van der Waals surface area (Å²) in [5.74, 6) is 0.965. The Bertz CT molecular complexity index is 692. The number of hydrogen-bond donors (Lipinski definition) is 0. The van der Waals surface area contributed by atoms with Gasteiger partial charge in [0.15, 0.2) is 5.82 Å². The molecule has 1 aliphatic rings. The molecule has 0 N–H and O–H groups in total. The quantitative estimate of drug-likeness (QED) is 0.619. The van der Waals surface area contributed by atoms with Gasteiger partial charge in [0, 0.05) is 31.1 Å². The summed E-state index contributed by atoms with van der Waals surface area (Å²) in [5, 5.41) is 15.4. The lowest BCUT2D eigenvalue weighted by Gasteiger charge is -2.28. The van der Waals surface area contributed by atoms with E-state index < -0.39 is 0 Å². The Labute approximate surface area is 134 Å². The summed E-state index contributed by atoms with van der Waals surface area (Å²) >= 11 is 0. The van der Waals surface area contributed by atoms with Gasteiger partial charge in [-0.1, -0.05) is 12.1 Å². The van der Waals surface area contributed by atoms with Crippen LogP contribution in [0.15, 0.2) is 22.7 Å². The summed E-state index contributed by atoms with van der Waals surface area (Å²) in [6, 6.07) is 5.15. The van der Waals surface area contributed by atoms with Crippen molar-refractivity contribution in [3.05, 3.63) is 34.1 Å². The van der Waals surface area contributed by atoms with E-state index in [1.54, 1.807) is 6.07 Å². The van der Waals surface area contributed by atoms with Crippen molar-refractivity contribution >= 4 is 11.4 Å². The molecule has 1 aliphatic heterocycles. The molecule has 2 aromatic rings. The Morgan fingerprint density at radius 1 is 1.30 bits per heavy atom. The molecule has 7 heteroatoms. The highest BCUT2D eigenvalue weighted by molar-refractivity contribution is 5.71. The maximum absolute atomic E-state index is 11.5. The molecule has 1 saturated heterocycles. The van der Waals surface area contributed by atoms with E-state index in [-0.39, 0.29) is 10.6 Å². The first-order valence-corrected chi connectivity index (χ1v) is 8.05. The van der Waals surface area contributed by atoms with E-state index in [1.165, 1.54) is 12.5 Å². The summed E-state index contributed by atoms with van der Waals surface area (Å²) in [6.07, 6.45) is 4.99. The van der Waals surface area contributed by atoms with Gasteiger partial charge in [0.05, 0.1) is 4.92 Å². The highest BCUT2D eigenvalue weighted by Gasteiger charge is 2.23. The van der Waals surface area contributed by atoms with E-state index in [2.05, 4.69) is 15.0 Å². The maximum Gasteiger partial charge on any atom is 0.293 e. The average Bonchev–Trinajstić information content (AvgIpc) is 3.04. The summed E-state index contributed by atoms with van der Waals surface area (Å²) in [5.41, 5.74) is 1.36. The molecule has 2 heterocycles. The van der Waals surface area contributed by atoms with Crippen LogP contribution in [0.1, 0.15) is 38.4 Å². The van der Waals surface area contributed by atoms with Crippen molar-refractivity contribution in [2.45, 2.75) is 39.0 Å². The molecule has 0 unspecified atom stereocenters. The van der Waals surface area contributed by atoms with Gasteiger partial charge >= 0.3 is 0 Å². The smallest absolute Gasteiger partial charge is 0.293 e. The molecule has 0 spiro atoms. The van der Waals surface area contributed by atoms with Gasteiger partial charge in [0.25, 0.3) is 11.6 Å². The number of piperidine rings is 1. The fraction of sp³-hybridized carbons (Fsp3) is 0.500. The van der Waals surface area contributed by atoms with Gasteiger partial charge in [-0.3, -0.25) is 10.1 Å². The van der Waals surface area contributed by atoms with Gasteiger partial charge in [-0.15, -0.1) is 0 Å². The van der Waals surface area contributed by atoms with Crippen molar-refractivity contribution < 1.29 is 9.45 Å². The Hall–Kier alpha value is -2.44. The molecule has 23 heavy (non-hydrogen) atoms. The van der Waals surface area contributed by atoms with Crippen LogP contribution in [-0.4, -0.2) is 28.2 Å². The summed E-state index contributed by atoms with van der Waals surface area (Å²) < 4.78 is 5.23. The fourth-order valence-electron chi connectivity index (χ4n) is 2.90. The predicted octanol–water partition coefficient (Wildman–Crippen LogP) is 3.59. The van der Waals surface area contributed by atoms with Crippen LogP contribution in [0.25, 0.3) is 11.5 Å². The zero-order valence-corrected chi connectivity index (χ0v) is 13.2. The molecule has 0 bridgehead atoms. The van der Waals surface area contributed by atoms with Gasteiger partial charge in [-0.25, -0.2) is 0 Å². The number of aromatic nitrogens is 2. The first-order chi connectivity index (χ1) is 11.2. The molecule has 0 amide bonds. The lowest BCUT2D eigenvalue weighted by Crippen LogP contribution is -2.29. The highest BCUT2D eigenvalue weighted by atomic mass is 16.6. The number of aryl methyl sites for hydroxylation is 1. The summed E-state index contributed by atoms with van der Waals surface area (Å²) in [6.45, 7) is 3.76. The zero-order chi connectivity index (χ0) is 16.2. The topological polar surface area (TPSA) is 85.3 Å². The van der Waals surface area contributed by atoms with Gasteiger partial charge < -0.3 is 9.42 Å². The first kappa shape index (κ1) is 15.5. The number of benzene rings is 1. The molecular weight excluding hydrogens is 296 g/mol. The predicted molar refractivity (Wildman–Crippen MR) is 86.4 cm³/mol. The second kappa shape index (κ2) is 6.76. The molecule has 0 saturated carbocycles. The van der Waals surface area contributed by atoms with Gasteiger partial charge in [0.2, 0.25) is 0 Å². The van der Waals surface area contributed by atoms with E-state index in [9.17, 15) is 10.1 Å². The van der Waals surface area contributed by atoms with Crippen LogP contribution >= 0.6 is 0 Å². The number of nitrogens with zero attached hydrogens (tertiary/aromatic N) is 4. The van der Waals surface area contributed by atoms with E-state index in [0.717, 1.165) is 38.8 Å². The van der Waals surface area contributed by atoms with Crippen molar-refractivity contribution in [2.75, 3.05) is 18.0 Å². The van der Waals surface area contributed by atoms with E-state index in [0.29, 0.717) is 23.0 Å². The lowest BCUT2D eigenvalue weighted by molar-refractivity contribution is -0.384. The van der Waals surface area contributed by atoms with Gasteiger partial charge in [-0.05, 0) is 37.8 Å². The summed E-state index contributed by atoms with van der Waals surface area (Å²) in [7, 11) is 0. The molecule has 0 atom stereocenters. The molecule has 1 aromatic heterocycles. The van der Waals surface area contributed by atoms with E-state index in [4.69, 9.17) is 4.52 Å². The average molecular weight is 316 g/mol. The van der Waals surface area contributed by atoms with Crippen molar-refractivity contribution in [3.8, 4) is 11.5 Å². The molecule has 122 valence electrons. The normalized spacial score (nSPS) is 14.9. The number of nitro benzene ring substituents is 1. The van der Waals surface area contributed by atoms with Crippen molar-refractivity contribution in [1.29, 1.82) is 0 Å². The largest absolute Gasteiger partial charge is 0.366 e. The summed E-state index contributed by atoms with van der Waals surface area (Å²) in [4.78, 5) is 17.5. The first-order valence-electron chi connectivity index (χ1n) is 8.05. The van der Waals surface area contributed by atoms with Crippen molar-refractivity contribution in [1.82, 2.24) is 10.1 Å². The van der Waals surface area contributed by atoms with Crippen molar-refractivity contribution in [3.63, 3.8) is 0 Å². The Balaban J connectivity index is 1.93. The van der Waals surface area contributed by atoms with E-state index in [1.807, 2.05) is 13.0 Å². The molecule has 3 rings (SSSR count). The molecule has 0 aliphatic carbocycles. The van der Waals surface area contributed by atoms with Crippen LogP contribution in [0, 0.1) is 10.1 Å². The number of anilines is 1. The number of hydrogen-bond acceptors (Lipinski definition) is 6. The Morgan fingerprint density at radius 3 is 2.78 bits per heavy atom. The standard InChI is InChI=1S/C16H20N4O3/c1-2-6-15-17-16(23-18-15)12-7-8-13(14(11-12)20(21)22)19-9-4-3-5-10-19/h7-8,11H,2-6,9-10H2,1H3. The third-order valence-corrected chi connectivity index (χ3v) is 4.06. The minimum Gasteiger partial charge on any atom is -0.366 e.